The molecule has 0 aliphatic heterocycles. The van der Waals surface area contributed by atoms with Crippen LogP contribution in [0.4, 0.5) is 0 Å². The molecule has 1 heterocycles. The number of ether oxygens (including phenoxy) is 2. The Morgan fingerprint density at radius 2 is 2.00 bits per heavy atom. The van der Waals surface area contributed by atoms with Gasteiger partial charge in [-0.3, -0.25) is 4.79 Å². The standard InChI is InChI=1S/C14H14O4/c1-10-7-12(15)14(9-17-10)18-8-11-5-3-4-6-13(11)16-2/h3-7,9H,8H2,1-2H3. The van der Waals surface area contributed by atoms with Gasteiger partial charge >= 0.3 is 0 Å². The third-order valence-corrected chi connectivity index (χ3v) is 2.50. The predicted molar refractivity (Wildman–Crippen MR) is 67.0 cm³/mol. The third kappa shape index (κ3) is 2.71. The highest BCUT2D eigenvalue weighted by molar-refractivity contribution is 5.33. The van der Waals surface area contributed by atoms with E-state index in [9.17, 15) is 4.79 Å². The van der Waals surface area contributed by atoms with Crippen molar-refractivity contribution in [2.45, 2.75) is 13.5 Å². The third-order valence-electron chi connectivity index (χ3n) is 2.50. The predicted octanol–water partition coefficient (Wildman–Crippen LogP) is 2.54. The lowest BCUT2D eigenvalue weighted by molar-refractivity contribution is 0.283. The van der Waals surface area contributed by atoms with Gasteiger partial charge in [0.15, 0.2) is 0 Å². The first-order valence-corrected chi connectivity index (χ1v) is 5.55. The molecule has 0 saturated carbocycles. The van der Waals surface area contributed by atoms with E-state index in [1.54, 1.807) is 14.0 Å². The normalized spacial score (nSPS) is 10.1. The summed E-state index contributed by atoms with van der Waals surface area (Å²) in [7, 11) is 1.60. The first-order chi connectivity index (χ1) is 8.70. The van der Waals surface area contributed by atoms with Gasteiger partial charge in [0, 0.05) is 11.6 Å². The highest BCUT2D eigenvalue weighted by Gasteiger charge is 2.06. The van der Waals surface area contributed by atoms with Gasteiger partial charge in [-0.05, 0) is 13.0 Å². The Hall–Kier alpha value is -2.23. The van der Waals surface area contributed by atoms with Gasteiger partial charge in [-0.15, -0.1) is 0 Å². The summed E-state index contributed by atoms with van der Waals surface area (Å²) in [6, 6.07) is 8.89. The second-order valence-corrected chi connectivity index (χ2v) is 3.82. The second-order valence-electron chi connectivity index (χ2n) is 3.82. The van der Waals surface area contributed by atoms with E-state index in [4.69, 9.17) is 13.9 Å². The van der Waals surface area contributed by atoms with E-state index in [1.807, 2.05) is 24.3 Å². The van der Waals surface area contributed by atoms with Crippen molar-refractivity contribution in [3.05, 3.63) is 58.1 Å². The molecule has 0 fully saturated rings. The van der Waals surface area contributed by atoms with Crippen molar-refractivity contribution in [3.8, 4) is 11.5 Å². The molecule has 1 aromatic carbocycles. The number of hydrogen-bond acceptors (Lipinski definition) is 4. The maximum absolute atomic E-state index is 11.6. The minimum Gasteiger partial charge on any atom is -0.496 e. The molecule has 0 unspecified atom stereocenters. The Labute approximate surface area is 105 Å². The SMILES string of the molecule is COc1ccccc1COc1coc(C)cc1=O. The van der Waals surface area contributed by atoms with Crippen molar-refractivity contribution in [3.63, 3.8) is 0 Å². The zero-order valence-corrected chi connectivity index (χ0v) is 10.3. The summed E-state index contributed by atoms with van der Waals surface area (Å²) in [6.07, 6.45) is 1.33. The lowest BCUT2D eigenvalue weighted by Crippen LogP contribution is -2.07. The van der Waals surface area contributed by atoms with Crippen LogP contribution in [0.2, 0.25) is 0 Å². The molecule has 0 amide bonds. The van der Waals surface area contributed by atoms with E-state index in [-0.39, 0.29) is 17.8 Å². The average molecular weight is 246 g/mol. The quantitative estimate of drug-likeness (QED) is 0.831. The van der Waals surface area contributed by atoms with Crippen molar-refractivity contribution in [1.29, 1.82) is 0 Å². The maximum atomic E-state index is 11.6. The van der Waals surface area contributed by atoms with Gasteiger partial charge in [0.05, 0.1) is 7.11 Å². The number of hydrogen-bond donors (Lipinski definition) is 0. The van der Waals surface area contributed by atoms with Gasteiger partial charge in [0.2, 0.25) is 11.2 Å². The summed E-state index contributed by atoms with van der Waals surface area (Å²) < 4.78 is 15.8. The van der Waals surface area contributed by atoms with Crippen LogP contribution in [0.25, 0.3) is 0 Å². The molecule has 0 atom stereocenters. The van der Waals surface area contributed by atoms with E-state index < -0.39 is 0 Å². The van der Waals surface area contributed by atoms with Crippen LogP contribution in [0.1, 0.15) is 11.3 Å². The monoisotopic (exact) mass is 246 g/mol. The summed E-state index contributed by atoms with van der Waals surface area (Å²) >= 11 is 0. The Kier molecular flexibility index (Phi) is 3.67. The molecule has 0 saturated heterocycles. The molecular formula is C14H14O4. The van der Waals surface area contributed by atoms with Crippen LogP contribution >= 0.6 is 0 Å². The summed E-state index contributed by atoms with van der Waals surface area (Å²) in [6.45, 7) is 1.98. The fourth-order valence-corrected chi connectivity index (χ4v) is 1.58. The maximum Gasteiger partial charge on any atom is 0.226 e. The molecule has 94 valence electrons. The Morgan fingerprint density at radius 3 is 2.72 bits per heavy atom. The summed E-state index contributed by atoms with van der Waals surface area (Å²) in [5.41, 5.74) is 0.689. The summed E-state index contributed by atoms with van der Waals surface area (Å²) in [4.78, 5) is 11.6. The van der Waals surface area contributed by atoms with Crippen LogP contribution in [0.3, 0.4) is 0 Å². The highest BCUT2D eigenvalue weighted by Crippen LogP contribution is 2.18. The molecule has 0 bridgehead atoms. The largest absolute Gasteiger partial charge is 0.496 e. The van der Waals surface area contributed by atoms with Crippen molar-refractivity contribution in [2.24, 2.45) is 0 Å². The van der Waals surface area contributed by atoms with Crippen LogP contribution in [0.5, 0.6) is 11.5 Å². The van der Waals surface area contributed by atoms with E-state index in [1.165, 1.54) is 12.3 Å². The van der Waals surface area contributed by atoms with Gasteiger partial charge in [0.25, 0.3) is 0 Å². The molecule has 4 heteroatoms. The van der Waals surface area contributed by atoms with E-state index in [0.717, 1.165) is 11.3 Å². The first-order valence-electron chi connectivity index (χ1n) is 5.55. The van der Waals surface area contributed by atoms with Crippen molar-refractivity contribution < 1.29 is 13.9 Å². The molecule has 2 aromatic rings. The molecular weight excluding hydrogens is 232 g/mol. The first kappa shape index (κ1) is 12.2. The Bertz CT molecular complexity index is 586. The minimum absolute atomic E-state index is 0.186. The van der Waals surface area contributed by atoms with Crippen LogP contribution in [0, 0.1) is 6.92 Å². The van der Waals surface area contributed by atoms with Gasteiger partial charge in [0.1, 0.15) is 24.4 Å². The van der Waals surface area contributed by atoms with Gasteiger partial charge < -0.3 is 13.9 Å². The summed E-state index contributed by atoms with van der Waals surface area (Å²) in [5.74, 6) is 1.49. The Morgan fingerprint density at radius 1 is 1.22 bits per heavy atom. The molecule has 0 aliphatic carbocycles. The molecule has 2 rings (SSSR count). The molecule has 4 nitrogen and oxygen atoms in total. The minimum atomic E-state index is -0.186. The van der Waals surface area contributed by atoms with Crippen molar-refractivity contribution in [1.82, 2.24) is 0 Å². The fraction of sp³-hybridized carbons (Fsp3) is 0.214. The highest BCUT2D eigenvalue weighted by atomic mass is 16.5. The molecule has 18 heavy (non-hydrogen) atoms. The molecule has 0 N–H and O–H groups in total. The van der Waals surface area contributed by atoms with Crippen LogP contribution in [-0.4, -0.2) is 7.11 Å². The second kappa shape index (κ2) is 5.40. The van der Waals surface area contributed by atoms with Crippen molar-refractivity contribution in [2.75, 3.05) is 7.11 Å². The lowest BCUT2D eigenvalue weighted by atomic mass is 10.2. The van der Waals surface area contributed by atoms with Crippen LogP contribution < -0.4 is 14.9 Å². The average Bonchev–Trinajstić information content (AvgIpc) is 2.38. The van der Waals surface area contributed by atoms with Crippen molar-refractivity contribution >= 4 is 0 Å². The zero-order chi connectivity index (χ0) is 13.0. The molecule has 0 radical (unpaired) electrons. The lowest BCUT2D eigenvalue weighted by Gasteiger charge is -2.09. The number of benzene rings is 1. The Balaban J connectivity index is 2.14. The fourth-order valence-electron chi connectivity index (χ4n) is 1.58. The molecule has 0 spiro atoms. The topological polar surface area (TPSA) is 48.7 Å². The molecule has 1 aromatic heterocycles. The number of para-hydroxylation sites is 1. The summed E-state index contributed by atoms with van der Waals surface area (Å²) in [5, 5.41) is 0. The van der Waals surface area contributed by atoms with Crippen LogP contribution in [0.15, 0.2) is 45.8 Å². The van der Waals surface area contributed by atoms with Crippen LogP contribution in [-0.2, 0) is 6.61 Å². The van der Waals surface area contributed by atoms with E-state index in [0.29, 0.717) is 5.76 Å². The van der Waals surface area contributed by atoms with E-state index >= 15 is 0 Å². The number of methoxy groups -OCH3 is 1. The zero-order valence-electron chi connectivity index (χ0n) is 10.3. The van der Waals surface area contributed by atoms with Gasteiger partial charge in [-0.2, -0.15) is 0 Å². The number of aryl methyl sites for hydroxylation is 1. The smallest absolute Gasteiger partial charge is 0.226 e. The molecule has 0 aliphatic rings. The number of rotatable bonds is 4. The van der Waals surface area contributed by atoms with Gasteiger partial charge in [-0.25, -0.2) is 0 Å². The van der Waals surface area contributed by atoms with E-state index in [2.05, 4.69) is 0 Å². The van der Waals surface area contributed by atoms with Gasteiger partial charge in [-0.1, -0.05) is 18.2 Å².